The number of carbonyl (C=O) groups is 1. The molecular formula is C24H29N2O5+. The van der Waals surface area contributed by atoms with Gasteiger partial charge >= 0.3 is 5.63 Å². The number of hydrogen-bond donors (Lipinski definition) is 2. The predicted octanol–water partition coefficient (Wildman–Crippen LogP) is 1.44. The average Bonchev–Trinajstić information content (AvgIpc) is 2.79. The van der Waals surface area contributed by atoms with Crippen molar-refractivity contribution in [3.63, 3.8) is 0 Å². The van der Waals surface area contributed by atoms with Crippen LogP contribution in [0.2, 0.25) is 0 Å². The molecule has 0 saturated carbocycles. The van der Waals surface area contributed by atoms with Gasteiger partial charge in [0.15, 0.2) is 6.10 Å². The van der Waals surface area contributed by atoms with Crippen LogP contribution in [0.4, 0.5) is 0 Å². The number of morpholine rings is 1. The lowest BCUT2D eigenvalue weighted by Crippen LogP contribution is -3.14. The molecule has 2 N–H and O–H groups in total. The minimum atomic E-state index is -0.654. The van der Waals surface area contributed by atoms with Crippen LogP contribution < -0.4 is 20.6 Å². The van der Waals surface area contributed by atoms with Gasteiger partial charge in [0.05, 0.1) is 25.1 Å². The van der Waals surface area contributed by atoms with E-state index in [4.69, 9.17) is 13.9 Å². The summed E-state index contributed by atoms with van der Waals surface area (Å²) in [6.45, 7) is 8.89. The first kappa shape index (κ1) is 21.3. The fourth-order valence-electron chi connectivity index (χ4n) is 4.04. The quantitative estimate of drug-likeness (QED) is 0.340. The van der Waals surface area contributed by atoms with Crippen molar-refractivity contribution in [3.05, 3.63) is 52.4 Å². The molecule has 1 fully saturated rings. The minimum Gasteiger partial charge on any atom is -0.480 e. The zero-order valence-corrected chi connectivity index (χ0v) is 18.0. The number of hydrogen-bond acceptors (Lipinski definition) is 5. The van der Waals surface area contributed by atoms with Crippen LogP contribution in [0.25, 0.3) is 21.7 Å². The van der Waals surface area contributed by atoms with Crippen molar-refractivity contribution in [1.29, 1.82) is 0 Å². The summed E-state index contributed by atoms with van der Waals surface area (Å²) in [7, 11) is 0. The smallest absolute Gasteiger partial charge is 0.344 e. The molecule has 2 aromatic carbocycles. The zero-order valence-electron chi connectivity index (χ0n) is 18.0. The third-order valence-corrected chi connectivity index (χ3v) is 5.87. The van der Waals surface area contributed by atoms with Crippen LogP contribution >= 0.6 is 0 Å². The molecule has 7 heteroatoms. The highest BCUT2D eigenvalue weighted by Crippen LogP contribution is 2.31. The molecule has 1 aliphatic heterocycles. The molecule has 0 aliphatic carbocycles. The first-order valence-electron chi connectivity index (χ1n) is 10.9. The molecule has 0 spiro atoms. The van der Waals surface area contributed by atoms with E-state index in [0.29, 0.717) is 28.8 Å². The Morgan fingerprint density at radius 2 is 1.87 bits per heavy atom. The summed E-state index contributed by atoms with van der Waals surface area (Å²) in [5.41, 5.74) is 0.815. The molecule has 0 radical (unpaired) electrons. The highest BCUT2D eigenvalue weighted by Gasteiger charge is 2.19. The van der Waals surface area contributed by atoms with Gasteiger partial charge in [-0.15, -0.1) is 0 Å². The van der Waals surface area contributed by atoms with E-state index in [1.807, 2.05) is 37.3 Å². The summed E-state index contributed by atoms with van der Waals surface area (Å²) in [5, 5.41) is 5.19. The van der Waals surface area contributed by atoms with Crippen molar-refractivity contribution in [1.82, 2.24) is 5.32 Å². The molecule has 0 unspecified atom stereocenters. The Morgan fingerprint density at radius 1 is 1.13 bits per heavy atom. The van der Waals surface area contributed by atoms with Gasteiger partial charge in [-0.1, -0.05) is 18.2 Å². The molecular weight excluding hydrogens is 396 g/mol. The Labute approximate surface area is 180 Å². The molecule has 31 heavy (non-hydrogen) atoms. The maximum Gasteiger partial charge on any atom is 0.344 e. The number of aryl methyl sites for hydroxylation is 1. The van der Waals surface area contributed by atoms with Crippen LogP contribution in [0.15, 0.2) is 45.6 Å². The van der Waals surface area contributed by atoms with Crippen LogP contribution in [0.5, 0.6) is 5.75 Å². The van der Waals surface area contributed by atoms with Crippen LogP contribution in [0.1, 0.15) is 18.9 Å². The van der Waals surface area contributed by atoms with Crippen molar-refractivity contribution < 1.29 is 23.6 Å². The summed E-state index contributed by atoms with van der Waals surface area (Å²) < 4.78 is 16.9. The lowest BCUT2D eigenvalue weighted by atomic mass is 10.0. The van der Waals surface area contributed by atoms with Gasteiger partial charge < -0.3 is 24.1 Å². The number of amides is 1. The predicted molar refractivity (Wildman–Crippen MR) is 119 cm³/mol. The number of nitrogens with one attached hydrogen (secondary N) is 2. The lowest BCUT2D eigenvalue weighted by molar-refractivity contribution is -0.908. The van der Waals surface area contributed by atoms with E-state index < -0.39 is 6.10 Å². The second kappa shape index (κ2) is 9.49. The normalized spacial score (nSPS) is 15.8. The van der Waals surface area contributed by atoms with Gasteiger partial charge in [-0.2, -0.15) is 0 Å². The molecule has 1 saturated heterocycles. The zero-order chi connectivity index (χ0) is 21.8. The molecule has 3 aromatic rings. The first-order valence-corrected chi connectivity index (χ1v) is 10.9. The molecule has 1 aliphatic rings. The van der Waals surface area contributed by atoms with E-state index in [0.717, 1.165) is 50.0 Å². The van der Waals surface area contributed by atoms with Gasteiger partial charge in [-0.3, -0.25) is 4.79 Å². The van der Waals surface area contributed by atoms with Crippen LogP contribution in [0, 0.1) is 6.92 Å². The Kier molecular flexibility index (Phi) is 6.53. The fourth-order valence-corrected chi connectivity index (χ4v) is 4.04. The van der Waals surface area contributed by atoms with Gasteiger partial charge in [0.1, 0.15) is 24.4 Å². The molecule has 0 bridgehead atoms. The summed E-state index contributed by atoms with van der Waals surface area (Å²) in [6, 6.07) is 11.1. The van der Waals surface area contributed by atoms with Crippen LogP contribution in [-0.4, -0.2) is 51.4 Å². The SMILES string of the molecule is Cc1c(O[C@H](C)C(=O)NCCC[NH+]2CCOCC2)ccc2c1oc(=O)c1ccccc12. The highest BCUT2D eigenvalue weighted by molar-refractivity contribution is 6.05. The van der Waals surface area contributed by atoms with E-state index >= 15 is 0 Å². The number of ether oxygens (including phenoxy) is 2. The van der Waals surface area contributed by atoms with Gasteiger partial charge in [-0.25, -0.2) is 4.79 Å². The standard InChI is InChI=1S/C24H28N2O5/c1-16-21(9-8-19-18-6-3-4-7-20(18)24(28)31-22(16)19)30-17(2)23(27)25-10-5-11-26-12-14-29-15-13-26/h3-4,6-9,17H,5,10-15H2,1-2H3,(H,25,27)/p+1/t17-/m1/s1. The van der Waals surface area contributed by atoms with Crippen LogP contribution in [0.3, 0.4) is 0 Å². The van der Waals surface area contributed by atoms with E-state index in [1.54, 1.807) is 13.0 Å². The average molecular weight is 426 g/mol. The largest absolute Gasteiger partial charge is 0.480 e. The van der Waals surface area contributed by atoms with Gasteiger partial charge in [0, 0.05) is 23.9 Å². The third kappa shape index (κ3) is 4.73. The maximum absolute atomic E-state index is 12.5. The number of rotatable bonds is 7. The van der Waals surface area contributed by atoms with Crippen molar-refractivity contribution in [3.8, 4) is 5.75 Å². The molecule has 7 nitrogen and oxygen atoms in total. The van der Waals surface area contributed by atoms with Gasteiger partial charge in [0.2, 0.25) is 0 Å². The lowest BCUT2D eigenvalue weighted by Gasteiger charge is -2.23. The molecule has 1 amide bonds. The second-order valence-corrected chi connectivity index (χ2v) is 8.02. The monoisotopic (exact) mass is 425 g/mol. The Balaban J connectivity index is 1.40. The molecule has 164 valence electrons. The van der Waals surface area contributed by atoms with E-state index in [-0.39, 0.29) is 11.5 Å². The number of benzene rings is 2. The van der Waals surface area contributed by atoms with Crippen molar-refractivity contribution in [2.24, 2.45) is 0 Å². The number of fused-ring (bicyclic) bond motifs is 3. The van der Waals surface area contributed by atoms with E-state index in [2.05, 4.69) is 5.32 Å². The van der Waals surface area contributed by atoms with Crippen molar-refractivity contribution >= 4 is 27.6 Å². The Bertz CT molecular complexity index is 1130. The number of quaternary nitrogens is 1. The van der Waals surface area contributed by atoms with E-state index in [1.165, 1.54) is 4.90 Å². The summed E-state index contributed by atoms with van der Waals surface area (Å²) >= 11 is 0. The van der Waals surface area contributed by atoms with Gasteiger partial charge in [-0.05, 0) is 37.4 Å². The topological polar surface area (TPSA) is 82.2 Å². The van der Waals surface area contributed by atoms with Crippen molar-refractivity contribution in [2.45, 2.75) is 26.4 Å². The Morgan fingerprint density at radius 3 is 2.65 bits per heavy atom. The summed E-state index contributed by atoms with van der Waals surface area (Å²) in [4.78, 5) is 26.4. The first-order chi connectivity index (χ1) is 15.0. The van der Waals surface area contributed by atoms with E-state index in [9.17, 15) is 9.59 Å². The van der Waals surface area contributed by atoms with Crippen molar-refractivity contribution in [2.75, 3.05) is 39.4 Å². The summed E-state index contributed by atoms with van der Waals surface area (Å²) in [5.74, 6) is 0.378. The van der Waals surface area contributed by atoms with Gasteiger partial charge in [0.25, 0.3) is 5.91 Å². The maximum atomic E-state index is 12.5. The second-order valence-electron chi connectivity index (χ2n) is 8.02. The Hall–Kier alpha value is -2.90. The molecule has 2 heterocycles. The minimum absolute atomic E-state index is 0.156. The third-order valence-electron chi connectivity index (χ3n) is 5.87. The number of carbonyl (C=O) groups excluding carboxylic acids is 1. The summed E-state index contributed by atoms with van der Waals surface area (Å²) in [6.07, 6.45) is 0.264. The fraction of sp³-hybridized carbons (Fsp3) is 0.417. The molecule has 1 atom stereocenters. The molecule has 4 rings (SSSR count). The molecule has 1 aromatic heterocycles. The highest BCUT2D eigenvalue weighted by atomic mass is 16.5. The van der Waals surface area contributed by atoms with Crippen LogP contribution in [-0.2, 0) is 9.53 Å².